The standard InChI is InChI=1S/C23H21N5O5S/c1-4-21-26-27-23(34-21)25-22(29)16(12-24)10-15-6-8-19(20(11-15)32-3)33-13-17-9-14(2)5-7-18(17)28(30)31/h5-11H,4,13H2,1-3H3,(H,25,27,29)/b16-10+. The van der Waals surface area contributed by atoms with Crippen molar-refractivity contribution in [3.8, 4) is 17.6 Å². The Morgan fingerprint density at radius 3 is 2.71 bits per heavy atom. The Kier molecular flexibility index (Phi) is 7.89. The Bertz CT molecular complexity index is 1300. The number of nitrogens with one attached hydrogen (secondary N) is 1. The fourth-order valence-corrected chi connectivity index (χ4v) is 3.66. The van der Waals surface area contributed by atoms with E-state index in [1.54, 1.807) is 30.3 Å². The smallest absolute Gasteiger partial charge is 0.276 e. The molecule has 34 heavy (non-hydrogen) atoms. The van der Waals surface area contributed by atoms with Gasteiger partial charge in [-0.15, -0.1) is 10.2 Å². The summed E-state index contributed by atoms with van der Waals surface area (Å²) >= 11 is 1.24. The van der Waals surface area contributed by atoms with Crippen LogP contribution in [0.5, 0.6) is 11.5 Å². The summed E-state index contributed by atoms with van der Waals surface area (Å²) in [6, 6.07) is 11.5. The molecule has 0 atom stereocenters. The molecule has 11 heteroatoms. The number of nitriles is 1. The van der Waals surface area contributed by atoms with Gasteiger partial charge in [-0.2, -0.15) is 5.26 Å². The van der Waals surface area contributed by atoms with Crippen molar-refractivity contribution in [3.05, 3.63) is 73.8 Å². The normalized spacial score (nSPS) is 10.9. The monoisotopic (exact) mass is 479 g/mol. The molecule has 10 nitrogen and oxygen atoms in total. The highest BCUT2D eigenvalue weighted by molar-refractivity contribution is 7.15. The highest BCUT2D eigenvalue weighted by Crippen LogP contribution is 2.31. The molecule has 174 valence electrons. The summed E-state index contributed by atoms with van der Waals surface area (Å²) in [6.07, 6.45) is 2.11. The number of carbonyl (C=O) groups excluding carboxylic acids is 1. The van der Waals surface area contributed by atoms with Crippen LogP contribution < -0.4 is 14.8 Å². The number of benzene rings is 2. The number of nitro benzene ring substituents is 1. The van der Waals surface area contributed by atoms with Crippen molar-refractivity contribution in [2.75, 3.05) is 12.4 Å². The van der Waals surface area contributed by atoms with Crippen LogP contribution in [0, 0.1) is 28.4 Å². The maximum absolute atomic E-state index is 12.5. The lowest BCUT2D eigenvalue weighted by Crippen LogP contribution is -2.13. The van der Waals surface area contributed by atoms with Gasteiger partial charge in [0.25, 0.3) is 11.6 Å². The molecule has 0 bridgehead atoms. The van der Waals surface area contributed by atoms with Crippen molar-refractivity contribution in [1.82, 2.24) is 10.2 Å². The second-order valence-electron chi connectivity index (χ2n) is 7.07. The number of hydrogen-bond donors (Lipinski definition) is 1. The number of aryl methyl sites for hydroxylation is 2. The van der Waals surface area contributed by atoms with Crippen LogP contribution in [0.4, 0.5) is 10.8 Å². The minimum absolute atomic E-state index is 0.0308. The zero-order valence-electron chi connectivity index (χ0n) is 18.7. The first-order chi connectivity index (χ1) is 16.3. The predicted octanol–water partition coefficient (Wildman–Crippen LogP) is 4.45. The van der Waals surface area contributed by atoms with Crippen LogP contribution in [0.2, 0.25) is 0 Å². The first kappa shape index (κ1) is 24.3. The molecule has 1 N–H and O–H groups in total. The van der Waals surface area contributed by atoms with Gasteiger partial charge in [-0.05, 0) is 43.2 Å². The zero-order valence-corrected chi connectivity index (χ0v) is 19.5. The molecule has 0 fully saturated rings. The minimum Gasteiger partial charge on any atom is -0.493 e. The number of rotatable bonds is 9. The van der Waals surface area contributed by atoms with Crippen molar-refractivity contribution in [3.63, 3.8) is 0 Å². The highest BCUT2D eigenvalue weighted by atomic mass is 32.1. The fraction of sp³-hybridized carbons (Fsp3) is 0.217. The van der Waals surface area contributed by atoms with E-state index in [2.05, 4.69) is 15.5 Å². The molecule has 0 saturated carbocycles. The van der Waals surface area contributed by atoms with Gasteiger partial charge in [0.15, 0.2) is 11.5 Å². The van der Waals surface area contributed by atoms with Crippen LogP contribution in [0.1, 0.15) is 28.6 Å². The molecule has 1 aromatic heterocycles. The molecule has 0 saturated heterocycles. The number of methoxy groups -OCH3 is 1. The van der Waals surface area contributed by atoms with Crippen LogP contribution in [-0.4, -0.2) is 28.1 Å². The summed E-state index contributed by atoms with van der Waals surface area (Å²) in [5, 5.41) is 32.2. The highest BCUT2D eigenvalue weighted by Gasteiger charge is 2.16. The van der Waals surface area contributed by atoms with Crippen LogP contribution in [-0.2, 0) is 17.8 Å². The molecule has 0 spiro atoms. The summed E-state index contributed by atoms with van der Waals surface area (Å²) in [6.45, 7) is 3.73. The van der Waals surface area contributed by atoms with E-state index >= 15 is 0 Å². The maximum atomic E-state index is 12.5. The lowest BCUT2D eigenvalue weighted by molar-refractivity contribution is -0.385. The maximum Gasteiger partial charge on any atom is 0.276 e. The molecular weight excluding hydrogens is 458 g/mol. The number of carbonyl (C=O) groups is 1. The average Bonchev–Trinajstić information content (AvgIpc) is 3.28. The number of nitrogens with zero attached hydrogens (tertiary/aromatic N) is 4. The van der Waals surface area contributed by atoms with E-state index in [1.165, 1.54) is 30.6 Å². The number of nitro groups is 1. The molecule has 0 radical (unpaired) electrons. The second-order valence-corrected chi connectivity index (χ2v) is 8.13. The van der Waals surface area contributed by atoms with Crippen molar-refractivity contribution >= 4 is 34.1 Å². The van der Waals surface area contributed by atoms with Crippen molar-refractivity contribution in [1.29, 1.82) is 5.26 Å². The van der Waals surface area contributed by atoms with E-state index in [1.807, 2.05) is 19.9 Å². The lowest BCUT2D eigenvalue weighted by atomic mass is 10.1. The number of amides is 1. The van der Waals surface area contributed by atoms with E-state index in [4.69, 9.17) is 9.47 Å². The van der Waals surface area contributed by atoms with Gasteiger partial charge < -0.3 is 9.47 Å². The summed E-state index contributed by atoms with van der Waals surface area (Å²) in [5.41, 5.74) is 1.68. The van der Waals surface area contributed by atoms with Gasteiger partial charge in [0.05, 0.1) is 17.6 Å². The van der Waals surface area contributed by atoms with Crippen molar-refractivity contribution in [2.24, 2.45) is 0 Å². The Balaban J connectivity index is 1.78. The molecule has 0 unspecified atom stereocenters. The molecule has 0 aliphatic carbocycles. The van der Waals surface area contributed by atoms with Crippen molar-refractivity contribution in [2.45, 2.75) is 26.9 Å². The summed E-state index contributed by atoms with van der Waals surface area (Å²) in [4.78, 5) is 23.3. The van der Waals surface area contributed by atoms with Gasteiger partial charge in [-0.25, -0.2) is 0 Å². The Morgan fingerprint density at radius 2 is 2.06 bits per heavy atom. The van der Waals surface area contributed by atoms with E-state index in [0.29, 0.717) is 34.2 Å². The third kappa shape index (κ3) is 5.93. The molecule has 3 aromatic rings. The van der Waals surface area contributed by atoms with Gasteiger partial charge in [-0.1, -0.05) is 36.0 Å². The average molecular weight is 480 g/mol. The number of aromatic nitrogens is 2. The van der Waals surface area contributed by atoms with Gasteiger partial charge in [0.1, 0.15) is 23.3 Å². The Hall–Kier alpha value is -4.30. The van der Waals surface area contributed by atoms with E-state index < -0.39 is 10.8 Å². The Labute approximate surface area is 199 Å². The quantitative estimate of drug-likeness (QED) is 0.205. The molecule has 0 aliphatic rings. The van der Waals surface area contributed by atoms with E-state index in [9.17, 15) is 20.2 Å². The van der Waals surface area contributed by atoms with E-state index in [0.717, 1.165) is 10.6 Å². The second kappa shape index (κ2) is 11.0. The number of ether oxygens (including phenoxy) is 2. The largest absolute Gasteiger partial charge is 0.493 e. The van der Waals surface area contributed by atoms with Gasteiger partial charge in [-0.3, -0.25) is 20.2 Å². The molecular formula is C23H21N5O5S. The third-order valence-electron chi connectivity index (χ3n) is 4.67. The van der Waals surface area contributed by atoms with E-state index in [-0.39, 0.29) is 17.9 Å². The Morgan fingerprint density at radius 1 is 1.26 bits per heavy atom. The van der Waals surface area contributed by atoms with Crippen molar-refractivity contribution < 1.29 is 19.2 Å². The number of anilines is 1. The SMILES string of the molecule is CCc1nnc(NC(=O)/C(C#N)=C/c2ccc(OCc3cc(C)ccc3[N+](=O)[O-])c(OC)c2)s1. The topological polar surface area (TPSA) is 140 Å². The summed E-state index contributed by atoms with van der Waals surface area (Å²) in [5.74, 6) is 0.102. The summed E-state index contributed by atoms with van der Waals surface area (Å²) in [7, 11) is 1.45. The lowest BCUT2D eigenvalue weighted by Gasteiger charge is -2.12. The first-order valence-corrected chi connectivity index (χ1v) is 11.0. The van der Waals surface area contributed by atoms with Crippen LogP contribution in [0.3, 0.4) is 0 Å². The van der Waals surface area contributed by atoms with Gasteiger partial charge in [0.2, 0.25) is 5.13 Å². The molecule has 2 aromatic carbocycles. The fourth-order valence-electron chi connectivity index (χ4n) is 2.98. The number of hydrogen-bond acceptors (Lipinski definition) is 9. The van der Waals surface area contributed by atoms with Gasteiger partial charge in [0, 0.05) is 6.07 Å². The zero-order chi connectivity index (χ0) is 24.7. The van der Waals surface area contributed by atoms with Crippen LogP contribution in [0.15, 0.2) is 42.0 Å². The molecule has 0 aliphatic heterocycles. The summed E-state index contributed by atoms with van der Waals surface area (Å²) < 4.78 is 11.2. The first-order valence-electron chi connectivity index (χ1n) is 10.1. The molecule has 1 amide bonds. The van der Waals surface area contributed by atoms with Crippen LogP contribution >= 0.6 is 11.3 Å². The predicted molar refractivity (Wildman–Crippen MR) is 127 cm³/mol. The van der Waals surface area contributed by atoms with Gasteiger partial charge >= 0.3 is 0 Å². The third-order valence-corrected chi connectivity index (χ3v) is 5.65. The molecule has 1 heterocycles. The molecule has 3 rings (SSSR count). The minimum atomic E-state index is -0.604. The van der Waals surface area contributed by atoms with Crippen LogP contribution in [0.25, 0.3) is 6.08 Å².